The average molecular weight is 347 g/mol. The zero-order chi connectivity index (χ0) is 18.4. The molecular formula is C21H21N3O2. The van der Waals surface area contributed by atoms with Crippen molar-refractivity contribution in [2.75, 3.05) is 19.0 Å². The van der Waals surface area contributed by atoms with Gasteiger partial charge in [-0.05, 0) is 37.1 Å². The van der Waals surface area contributed by atoms with E-state index in [4.69, 9.17) is 4.74 Å². The number of nitrogens with one attached hydrogen (secondary N) is 1. The van der Waals surface area contributed by atoms with Crippen LogP contribution in [0.4, 0.5) is 5.82 Å². The monoisotopic (exact) mass is 347 g/mol. The van der Waals surface area contributed by atoms with E-state index in [9.17, 15) is 4.79 Å². The number of rotatable bonds is 7. The lowest BCUT2D eigenvalue weighted by Crippen LogP contribution is -2.06. The highest BCUT2D eigenvalue weighted by atomic mass is 16.5. The van der Waals surface area contributed by atoms with Gasteiger partial charge in [0.25, 0.3) is 0 Å². The third kappa shape index (κ3) is 4.45. The Kier molecular flexibility index (Phi) is 5.59. The van der Waals surface area contributed by atoms with Crippen molar-refractivity contribution in [1.82, 2.24) is 9.97 Å². The minimum absolute atomic E-state index is 0.0405. The lowest BCUT2D eigenvalue weighted by molar-refractivity contribution is 0.101. The number of aromatic nitrogens is 2. The summed E-state index contributed by atoms with van der Waals surface area (Å²) in [5.41, 5.74) is 3.59. The summed E-state index contributed by atoms with van der Waals surface area (Å²) in [6.45, 7) is 2.32. The quantitative estimate of drug-likeness (QED) is 0.654. The number of ketones is 1. The SMILES string of the molecule is COc1ccc(CCNc2cc(-c3cccc(C(C)=O)c3)ncn2)cc1. The van der Waals surface area contributed by atoms with Gasteiger partial charge in [0, 0.05) is 23.7 Å². The van der Waals surface area contributed by atoms with Crippen LogP contribution in [0.2, 0.25) is 0 Å². The second-order valence-corrected chi connectivity index (χ2v) is 5.95. The van der Waals surface area contributed by atoms with Crippen LogP contribution in [0.25, 0.3) is 11.3 Å². The summed E-state index contributed by atoms with van der Waals surface area (Å²) in [4.78, 5) is 20.2. The summed E-state index contributed by atoms with van der Waals surface area (Å²) < 4.78 is 5.17. The van der Waals surface area contributed by atoms with Crippen LogP contribution in [0.1, 0.15) is 22.8 Å². The molecule has 3 rings (SSSR count). The highest BCUT2D eigenvalue weighted by Crippen LogP contribution is 2.20. The van der Waals surface area contributed by atoms with Crippen molar-refractivity contribution in [2.24, 2.45) is 0 Å². The van der Waals surface area contributed by atoms with Crippen LogP contribution in [-0.4, -0.2) is 29.4 Å². The Hall–Kier alpha value is -3.21. The Morgan fingerprint density at radius 3 is 2.62 bits per heavy atom. The molecule has 0 saturated heterocycles. The van der Waals surface area contributed by atoms with E-state index >= 15 is 0 Å². The van der Waals surface area contributed by atoms with E-state index in [1.165, 1.54) is 11.9 Å². The average Bonchev–Trinajstić information content (AvgIpc) is 2.69. The van der Waals surface area contributed by atoms with E-state index in [2.05, 4.69) is 27.4 Å². The van der Waals surface area contributed by atoms with Crippen LogP contribution in [0.3, 0.4) is 0 Å². The molecule has 0 aliphatic heterocycles. The molecule has 0 spiro atoms. The number of carbonyl (C=O) groups is 1. The number of ether oxygens (including phenoxy) is 1. The number of hydrogen-bond acceptors (Lipinski definition) is 5. The van der Waals surface area contributed by atoms with E-state index in [0.29, 0.717) is 5.56 Å². The molecule has 5 heteroatoms. The number of anilines is 1. The van der Waals surface area contributed by atoms with Gasteiger partial charge in [0.15, 0.2) is 5.78 Å². The van der Waals surface area contributed by atoms with Crippen molar-refractivity contribution in [3.05, 3.63) is 72.1 Å². The van der Waals surface area contributed by atoms with Crippen molar-refractivity contribution in [1.29, 1.82) is 0 Å². The first-order valence-electron chi connectivity index (χ1n) is 8.46. The number of Topliss-reactive ketones (excluding diaryl/α,β-unsaturated/α-hetero) is 1. The van der Waals surface area contributed by atoms with E-state index in [1.807, 2.05) is 36.4 Å². The fourth-order valence-electron chi connectivity index (χ4n) is 2.64. The Morgan fingerprint density at radius 2 is 1.88 bits per heavy atom. The van der Waals surface area contributed by atoms with E-state index in [-0.39, 0.29) is 5.78 Å². The predicted molar refractivity (Wildman–Crippen MR) is 103 cm³/mol. The lowest BCUT2D eigenvalue weighted by atomic mass is 10.1. The van der Waals surface area contributed by atoms with Crippen LogP contribution < -0.4 is 10.1 Å². The minimum atomic E-state index is 0.0405. The summed E-state index contributed by atoms with van der Waals surface area (Å²) in [6.07, 6.45) is 2.41. The van der Waals surface area contributed by atoms with Crippen LogP contribution in [0.5, 0.6) is 5.75 Å². The highest BCUT2D eigenvalue weighted by molar-refractivity contribution is 5.95. The first kappa shape index (κ1) is 17.6. The maximum Gasteiger partial charge on any atom is 0.159 e. The molecule has 0 atom stereocenters. The van der Waals surface area contributed by atoms with Gasteiger partial charge >= 0.3 is 0 Å². The Labute approximate surface area is 153 Å². The van der Waals surface area contributed by atoms with Gasteiger partial charge in [-0.25, -0.2) is 9.97 Å². The van der Waals surface area contributed by atoms with Gasteiger partial charge in [0.05, 0.1) is 12.8 Å². The fraction of sp³-hybridized carbons (Fsp3) is 0.190. The number of benzene rings is 2. The van der Waals surface area contributed by atoms with Gasteiger partial charge in [-0.15, -0.1) is 0 Å². The van der Waals surface area contributed by atoms with Crippen molar-refractivity contribution in [2.45, 2.75) is 13.3 Å². The Balaban J connectivity index is 1.65. The molecule has 132 valence electrons. The van der Waals surface area contributed by atoms with E-state index in [0.717, 1.165) is 35.8 Å². The molecule has 1 N–H and O–H groups in total. The molecule has 0 aliphatic rings. The molecule has 1 aromatic heterocycles. The summed E-state index contributed by atoms with van der Waals surface area (Å²) in [7, 11) is 1.66. The van der Waals surface area contributed by atoms with E-state index < -0.39 is 0 Å². The molecule has 0 aliphatic carbocycles. The molecule has 5 nitrogen and oxygen atoms in total. The molecule has 0 bridgehead atoms. The van der Waals surface area contributed by atoms with Crippen molar-refractivity contribution in [3.63, 3.8) is 0 Å². The normalized spacial score (nSPS) is 10.4. The van der Waals surface area contributed by atoms with Crippen molar-refractivity contribution >= 4 is 11.6 Å². The lowest BCUT2D eigenvalue weighted by Gasteiger charge is -2.08. The second-order valence-electron chi connectivity index (χ2n) is 5.95. The smallest absolute Gasteiger partial charge is 0.159 e. The first-order valence-corrected chi connectivity index (χ1v) is 8.46. The molecule has 1 heterocycles. The third-order valence-corrected chi connectivity index (χ3v) is 4.11. The topological polar surface area (TPSA) is 64.1 Å². The highest BCUT2D eigenvalue weighted by Gasteiger charge is 2.05. The maximum absolute atomic E-state index is 11.6. The zero-order valence-electron chi connectivity index (χ0n) is 14.9. The zero-order valence-corrected chi connectivity index (χ0v) is 14.9. The number of methoxy groups -OCH3 is 1. The number of nitrogens with zero attached hydrogens (tertiary/aromatic N) is 2. The molecule has 0 unspecified atom stereocenters. The Morgan fingerprint density at radius 1 is 1.08 bits per heavy atom. The molecule has 26 heavy (non-hydrogen) atoms. The second kappa shape index (κ2) is 8.25. The molecule has 0 radical (unpaired) electrons. The van der Waals surface area contributed by atoms with Gasteiger partial charge in [0.1, 0.15) is 17.9 Å². The van der Waals surface area contributed by atoms with Crippen molar-refractivity contribution < 1.29 is 9.53 Å². The van der Waals surface area contributed by atoms with Crippen LogP contribution in [-0.2, 0) is 6.42 Å². The predicted octanol–water partition coefficient (Wildman–Crippen LogP) is 4.01. The molecule has 0 fully saturated rings. The number of hydrogen-bond donors (Lipinski definition) is 1. The van der Waals surface area contributed by atoms with Gasteiger partial charge < -0.3 is 10.1 Å². The van der Waals surface area contributed by atoms with Crippen molar-refractivity contribution in [3.8, 4) is 17.0 Å². The van der Waals surface area contributed by atoms with Crippen LogP contribution >= 0.6 is 0 Å². The molecule has 0 amide bonds. The summed E-state index contributed by atoms with van der Waals surface area (Å²) in [5, 5.41) is 3.32. The molecule has 2 aromatic carbocycles. The standard InChI is InChI=1S/C21H21N3O2/c1-15(25)17-4-3-5-18(12-17)20-13-21(24-14-23-20)22-11-10-16-6-8-19(26-2)9-7-16/h3-9,12-14H,10-11H2,1-2H3,(H,22,23,24). The summed E-state index contributed by atoms with van der Waals surface area (Å²) in [5.74, 6) is 1.66. The maximum atomic E-state index is 11.6. The van der Waals surface area contributed by atoms with Gasteiger partial charge in [0.2, 0.25) is 0 Å². The Bertz CT molecular complexity index is 892. The minimum Gasteiger partial charge on any atom is -0.497 e. The largest absolute Gasteiger partial charge is 0.497 e. The van der Waals surface area contributed by atoms with Gasteiger partial charge in [-0.2, -0.15) is 0 Å². The van der Waals surface area contributed by atoms with Gasteiger partial charge in [-0.1, -0.05) is 30.3 Å². The molecular weight excluding hydrogens is 326 g/mol. The third-order valence-electron chi connectivity index (χ3n) is 4.11. The van der Waals surface area contributed by atoms with Crippen LogP contribution in [0, 0.1) is 0 Å². The summed E-state index contributed by atoms with van der Waals surface area (Å²) in [6, 6.07) is 17.4. The number of carbonyl (C=O) groups excluding carboxylic acids is 1. The van der Waals surface area contributed by atoms with Crippen LogP contribution in [0.15, 0.2) is 60.9 Å². The van der Waals surface area contributed by atoms with Gasteiger partial charge in [-0.3, -0.25) is 4.79 Å². The fourth-order valence-corrected chi connectivity index (χ4v) is 2.64. The molecule has 0 saturated carbocycles. The summed E-state index contributed by atoms with van der Waals surface area (Å²) >= 11 is 0. The van der Waals surface area contributed by atoms with E-state index in [1.54, 1.807) is 20.1 Å². The molecule has 3 aromatic rings. The first-order chi connectivity index (χ1) is 12.7.